The van der Waals surface area contributed by atoms with Crippen LogP contribution in [0, 0.1) is 29.1 Å². The number of nitrogens with one attached hydrogen (secondary N) is 2. The molecule has 6 heteroatoms. The molecule has 1 saturated carbocycles. The van der Waals surface area contributed by atoms with Crippen LogP contribution in [0.4, 0.5) is 0 Å². The molecule has 0 radical (unpaired) electrons. The highest BCUT2D eigenvalue weighted by atomic mass is 15.3. The van der Waals surface area contributed by atoms with Crippen LogP contribution < -0.4 is 22.1 Å². The summed E-state index contributed by atoms with van der Waals surface area (Å²) in [4.78, 5) is 9.34. The summed E-state index contributed by atoms with van der Waals surface area (Å²) in [5, 5.41) is 6.55. The van der Waals surface area contributed by atoms with Crippen molar-refractivity contribution in [2.24, 2.45) is 50.5 Å². The van der Waals surface area contributed by atoms with E-state index in [9.17, 15) is 0 Å². The van der Waals surface area contributed by atoms with Crippen LogP contribution in [0.3, 0.4) is 0 Å². The quantitative estimate of drug-likeness (QED) is 0.0424. The molecular formula is C45H88N6. The average Bonchev–Trinajstić information content (AvgIpc) is 3.11. The number of allylic oxidation sites excluding steroid dienone is 1. The highest BCUT2D eigenvalue weighted by Gasteiger charge is 2.37. The maximum absolute atomic E-state index is 6.08. The third-order valence-corrected chi connectivity index (χ3v) is 12.3. The molecular weight excluding hydrogens is 625 g/mol. The first-order chi connectivity index (χ1) is 24.9. The molecule has 0 aromatic rings. The van der Waals surface area contributed by atoms with Crippen LogP contribution >= 0.6 is 0 Å². The summed E-state index contributed by atoms with van der Waals surface area (Å²) < 4.78 is 0. The Balaban J connectivity index is 1.79. The fourth-order valence-corrected chi connectivity index (χ4v) is 9.26. The number of aliphatic imine (C=N–C) groups is 2. The maximum atomic E-state index is 6.08. The molecule has 5 atom stereocenters. The Morgan fingerprint density at radius 3 is 1.61 bits per heavy atom. The van der Waals surface area contributed by atoms with Gasteiger partial charge in [-0.1, -0.05) is 181 Å². The van der Waals surface area contributed by atoms with Crippen molar-refractivity contribution in [3.63, 3.8) is 0 Å². The number of nitrogens with zero attached hydrogens (tertiary/aromatic N) is 2. The Morgan fingerprint density at radius 1 is 0.667 bits per heavy atom. The molecule has 0 amide bonds. The van der Waals surface area contributed by atoms with Crippen LogP contribution in [-0.4, -0.2) is 31.2 Å². The maximum Gasteiger partial charge on any atom is 0.199 e. The molecule has 6 N–H and O–H groups in total. The van der Waals surface area contributed by atoms with Gasteiger partial charge in [0, 0.05) is 12.0 Å². The molecule has 5 unspecified atom stereocenters. The van der Waals surface area contributed by atoms with Crippen molar-refractivity contribution in [2.45, 2.75) is 221 Å². The minimum absolute atomic E-state index is 0.104. The van der Waals surface area contributed by atoms with Crippen LogP contribution in [0.1, 0.15) is 214 Å². The molecule has 1 heterocycles. The molecule has 0 saturated heterocycles. The van der Waals surface area contributed by atoms with Crippen LogP contribution in [-0.2, 0) is 0 Å². The van der Waals surface area contributed by atoms with Gasteiger partial charge in [-0.15, -0.1) is 0 Å². The van der Waals surface area contributed by atoms with Crippen LogP contribution in [0.5, 0.6) is 0 Å². The van der Waals surface area contributed by atoms with Gasteiger partial charge in [-0.3, -0.25) is 10.3 Å². The van der Waals surface area contributed by atoms with Crippen LogP contribution in [0.2, 0.25) is 0 Å². The third kappa shape index (κ3) is 19.9. The van der Waals surface area contributed by atoms with Gasteiger partial charge >= 0.3 is 0 Å². The molecule has 2 aliphatic rings. The van der Waals surface area contributed by atoms with Gasteiger partial charge in [0.2, 0.25) is 0 Å². The van der Waals surface area contributed by atoms with Gasteiger partial charge in [-0.2, -0.15) is 0 Å². The van der Waals surface area contributed by atoms with Crippen molar-refractivity contribution < 1.29 is 0 Å². The predicted molar refractivity (Wildman–Crippen MR) is 226 cm³/mol. The summed E-state index contributed by atoms with van der Waals surface area (Å²) in [6.07, 6.45) is 43.7. The van der Waals surface area contributed by atoms with Gasteiger partial charge in [0.25, 0.3) is 0 Å². The summed E-state index contributed by atoms with van der Waals surface area (Å²) in [5.74, 6) is 5.20. The molecule has 1 fully saturated rings. The van der Waals surface area contributed by atoms with Gasteiger partial charge in [0.05, 0.1) is 0 Å². The average molecular weight is 713 g/mol. The highest BCUT2D eigenvalue weighted by Crippen LogP contribution is 2.47. The van der Waals surface area contributed by atoms with Crippen LogP contribution in [0.15, 0.2) is 22.1 Å². The van der Waals surface area contributed by atoms with E-state index in [1.807, 2.05) is 6.92 Å². The number of guanidine groups is 2. The highest BCUT2D eigenvalue weighted by molar-refractivity contribution is 5.99. The van der Waals surface area contributed by atoms with Crippen molar-refractivity contribution >= 4 is 11.9 Å². The minimum Gasteiger partial charge on any atom is -0.370 e. The summed E-state index contributed by atoms with van der Waals surface area (Å²) in [5.41, 5.74) is 11.7. The second-order valence-electron chi connectivity index (χ2n) is 17.2. The lowest BCUT2D eigenvalue weighted by molar-refractivity contribution is 0.0581. The lowest BCUT2D eigenvalue weighted by Crippen LogP contribution is -2.57. The molecule has 1 aliphatic carbocycles. The van der Waals surface area contributed by atoms with E-state index in [0.29, 0.717) is 5.96 Å². The molecule has 0 aromatic heterocycles. The first kappa shape index (κ1) is 45.6. The van der Waals surface area contributed by atoms with Crippen LogP contribution in [0.25, 0.3) is 0 Å². The van der Waals surface area contributed by atoms with E-state index in [-0.39, 0.29) is 11.6 Å². The standard InChI is InChI=1S/C45H88N6/c1-6-9-11-23-29-38-33-34-39(41(40(38)31-25-12-10-7-2)32-26-20-16-13-17-21-27-36-46)30-24-19-15-14-18-22-28-37-48-44-50-42(49-43(47)51-44)45(4,5)35-8-3/h8,35,38-42H,6-7,9-34,36-37,46H2,1-5H3,(H4,47,48,49,50,51). The zero-order valence-corrected chi connectivity index (χ0v) is 34.8. The van der Waals surface area contributed by atoms with Crippen molar-refractivity contribution in [3.8, 4) is 0 Å². The van der Waals surface area contributed by atoms with E-state index in [1.165, 1.54) is 173 Å². The SMILES string of the molecule is CC=CC(C)(C)C1N=C(N)NC(=NCCCCCCCCCC2CCC(CCCCCC)C(CCCCCC)C2CCCCCCCCCN)N1. The number of hydrogen-bond acceptors (Lipinski definition) is 4. The third-order valence-electron chi connectivity index (χ3n) is 12.3. The van der Waals surface area contributed by atoms with E-state index in [4.69, 9.17) is 16.5 Å². The number of hydrogen-bond donors (Lipinski definition) is 4. The monoisotopic (exact) mass is 713 g/mol. The largest absolute Gasteiger partial charge is 0.370 e. The molecule has 6 nitrogen and oxygen atoms in total. The molecule has 0 spiro atoms. The van der Waals surface area contributed by atoms with Gasteiger partial charge in [0.1, 0.15) is 6.17 Å². The summed E-state index contributed by atoms with van der Waals surface area (Å²) >= 11 is 0. The fourth-order valence-electron chi connectivity index (χ4n) is 9.26. The molecule has 0 aromatic carbocycles. The van der Waals surface area contributed by atoms with E-state index >= 15 is 0 Å². The second-order valence-corrected chi connectivity index (χ2v) is 17.2. The second kappa shape index (κ2) is 28.9. The lowest BCUT2D eigenvalue weighted by Gasteiger charge is -2.44. The number of nitrogens with two attached hydrogens (primary N) is 2. The Hall–Kier alpha value is -1.56. The Labute approximate surface area is 318 Å². The topological polar surface area (TPSA) is 101 Å². The lowest BCUT2D eigenvalue weighted by atomic mass is 9.61. The summed E-state index contributed by atoms with van der Waals surface area (Å²) in [6, 6.07) is 0. The molecule has 51 heavy (non-hydrogen) atoms. The van der Waals surface area contributed by atoms with Gasteiger partial charge in [-0.05, 0) is 75.7 Å². The molecule has 0 bridgehead atoms. The van der Waals surface area contributed by atoms with Crippen molar-refractivity contribution in [2.75, 3.05) is 13.1 Å². The minimum atomic E-state index is -0.128. The van der Waals surface area contributed by atoms with Crippen molar-refractivity contribution in [1.82, 2.24) is 10.6 Å². The first-order valence-corrected chi connectivity index (χ1v) is 22.6. The summed E-state index contributed by atoms with van der Waals surface area (Å²) in [6.45, 7) is 12.8. The van der Waals surface area contributed by atoms with E-state index < -0.39 is 0 Å². The van der Waals surface area contributed by atoms with E-state index in [2.05, 4.69) is 55.5 Å². The first-order valence-electron chi connectivity index (χ1n) is 22.6. The van der Waals surface area contributed by atoms with Gasteiger partial charge in [0.15, 0.2) is 11.9 Å². The fraction of sp³-hybridized carbons (Fsp3) is 0.911. The van der Waals surface area contributed by atoms with E-state index in [0.717, 1.165) is 49.1 Å². The molecule has 298 valence electrons. The van der Waals surface area contributed by atoms with Gasteiger partial charge in [-0.25, -0.2) is 4.99 Å². The number of unbranched alkanes of at least 4 members (excludes halogenated alkanes) is 18. The van der Waals surface area contributed by atoms with E-state index in [1.54, 1.807) is 0 Å². The molecule has 1 aliphatic heterocycles. The van der Waals surface area contributed by atoms with Crippen molar-refractivity contribution in [3.05, 3.63) is 12.2 Å². The Morgan fingerprint density at radius 2 is 1.12 bits per heavy atom. The predicted octanol–water partition coefficient (Wildman–Crippen LogP) is 12.2. The molecule has 2 rings (SSSR count). The Bertz CT molecular complexity index is 926. The zero-order chi connectivity index (χ0) is 37.0. The van der Waals surface area contributed by atoms with Gasteiger partial charge < -0.3 is 16.8 Å². The normalized spacial score (nSPS) is 23.5. The zero-order valence-electron chi connectivity index (χ0n) is 34.8. The summed E-state index contributed by atoms with van der Waals surface area (Å²) in [7, 11) is 0. The van der Waals surface area contributed by atoms with Crippen molar-refractivity contribution in [1.29, 1.82) is 0 Å². The Kier molecular flexibility index (Phi) is 25.8. The smallest absolute Gasteiger partial charge is 0.199 e. The number of rotatable bonds is 31.